The van der Waals surface area contributed by atoms with E-state index < -0.39 is 0 Å². The van der Waals surface area contributed by atoms with Crippen LogP contribution in [0.3, 0.4) is 0 Å². The molecule has 0 aliphatic carbocycles. The van der Waals surface area contributed by atoms with Gasteiger partial charge in [-0.3, -0.25) is 0 Å². The topological polar surface area (TPSA) is 30.5 Å². The maximum absolute atomic E-state index is 5.17. The average molecular weight is 145 g/mol. The van der Waals surface area contributed by atoms with Gasteiger partial charge in [-0.05, 0) is 6.42 Å². The van der Waals surface area contributed by atoms with Crippen LogP contribution in [0.15, 0.2) is 0 Å². The Labute approximate surface area is 61.7 Å². The number of hydrogen-bond acceptors (Lipinski definition) is 3. The molecular formula is C7H15NO2. The number of hydrogen-bond donors (Lipinski definition) is 1. The fourth-order valence-corrected chi connectivity index (χ4v) is 1.29. The van der Waals surface area contributed by atoms with E-state index in [0.29, 0.717) is 12.1 Å². The smallest absolute Gasteiger partial charge is 0.0711 e. The molecule has 1 fully saturated rings. The molecule has 1 saturated heterocycles. The quantitative estimate of drug-likeness (QED) is 0.607. The Bertz CT molecular complexity index is 97.6. The molecular weight excluding hydrogens is 130 g/mol. The first-order chi connectivity index (χ1) is 4.86. The minimum atomic E-state index is 0.389. The Kier molecular flexibility index (Phi) is 3.12. The van der Waals surface area contributed by atoms with Gasteiger partial charge < -0.3 is 14.8 Å². The normalized spacial score (nSPS) is 33.0. The van der Waals surface area contributed by atoms with Crippen LogP contribution in [-0.2, 0) is 9.47 Å². The van der Waals surface area contributed by atoms with Gasteiger partial charge in [0.1, 0.15) is 0 Å². The van der Waals surface area contributed by atoms with Gasteiger partial charge in [-0.25, -0.2) is 0 Å². The molecule has 1 aliphatic heterocycles. The summed E-state index contributed by atoms with van der Waals surface area (Å²) in [5.74, 6) is 0. The van der Waals surface area contributed by atoms with Crippen LogP contribution in [0.2, 0.25) is 0 Å². The fraction of sp³-hybridized carbons (Fsp3) is 1.00. The summed E-state index contributed by atoms with van der Waals surface area (Å²) >= 11 is 0. The Morgan fingerprint density at radius 1 is 1.50 bits per heavy atom. The van der Waals surface area contributed by atoms with Gasteiger partial charge in [0.25, 0.3) is 0 Å². The Morgan fingerprint density at radius 3 is 2.80 bits per heavy atom. The third kappa shape index (κ3) is 1.94. The molecule has 1 aliphatic rings. The highest BCUT2D eigenvalue weighted by molar-refractivity contribution is 4.81. The molecule has 3 nitrogen and oxygen atoms in total. The Balaban J connectivity index is 2.15. The van der Waals surface area contributed by atoms with Crippen molar-refractivity contribution < 1.29 is 9.47 Å². The molecule has 0 aromatic rings. The summed E-state index contributed by atoms with van der Waals surface area (Å²) < 4.78 is 10.2. The predicted octanol–water partition coefficient (Wildman–Crippen LogP) is 0.00970. The van der Waals surface area contributed by atoms with Crippen LogP contribution in [0.5, 0.6) is 0 Å². The standard InChI is InChI=1S/C7H15NO2/c1-9-5-6-3-7(10-2)4-8-6/h6-8H,3-5H2,1-2H3/t6-,7?/m0/s1. The molecule has 10 heavy (non-hydrogen) atoms. The molecule has 60 valence electrons. The van der Waals surface area contributed by atoms with E-state index >= 15 is 0 Å². The van der Waals surface area contributed by atoms with Crippen molar-refractivity contribution in [3.8, 4) is 0 Å². The van der Waals surface area contributed by atoms with E-state index in [1.807, 2.05) is 0 Å². The van der Waals surface area contributed by atoms with Gasteiger partial charge in [-0.1, -0.05) is 0 Å². The molecule has 0 aromatic heterocycles. The second kappa shape index (κ2) is 3.91. The summed E-state index contributed by atoms with van der Waals surface area (Å²) in [6.45, 7) is 1.75. The van der Waals surface area contributed by atoms with E-state index in [1.54, 1.807) is 14.2 Å². The lowest BCUT2D eigenvalue weighted by molar-refractivity contribution is 0.110. The summed E-state index contributed by atoms with van der Waals surface area (Å²) in [4.78, 5) is 0. The summed E-state index contributed by atoms with van der Waals surface area (Å²) in [5, 5.41) is 3.31. The van der Waals surface area contributed by atoms with Gasteiger partial charge in [0.05, 0.1) is 12.7 Å². The third-order valence-corrected chi connectivity index (χ3v) is 1.88. The molecule has 3 heteroatoms. The van der Waals surface area contributed by atoms with Crippen LogP contribution in [0.25, 0.3) is 0 Å². The first kappa shape index (κ1) is 7.98. The molecule has 0 bridgehead atoms. The summed E-state index contributed by atoms with van der Waals surface area (Å²) in [6.07, 6.45) is 1.46. The van der Waals surface area contributed by atoms with Crippen molar-refractivity contribution in [3.05, 3.63) is 0 Å². The molecule has 0 aromatic carbocycles. The second-order valence-corrected chi connectivity index (χ2v) is 2.65. The fourth-order valence-electron chi connectivity index (χ4n) is 1.29. The molecule has 1 rings (SSSR count). The van der Waals surface area contributed by atoms with E-state index in [1.165, 1.54) is 0 Å². The van der Waals surface area contributed by atoms with Gasteiger partial charge in [-0.2, -0.15) is 0 Å². The lowest BCUT2D eigenvalue weighted by Crippen LogP contribution is -2.25. The van der Waals surface area contributed by atoms with Crippen LogP contribution in [0.4, 0.5) is 0 Å². The largest absolute Gasteiger partial charge is 0.383 e. The molecule has 0 spiro atoms. The van der Waals surface area contributed by atoms with Gasteiger partial charge in [0, 0.05) is 26.8 Å². The summed E-state index contributed by atoms with van der Waals surface area (Å²) in [6, 6.07) is 0.495. The molecule has 1 N–H and O–H groups in total. The van der Waals surface area contributed by atoms with Crippen LogP contribution >= 0.6 is 0 Å². The summed E-state index contributed by atoms with van der Waals surface area (Å²) in [7, 11) is 3.48. The monoisotopic (exact) mass is 145 g/mol. The van der Waals surface area contributed by atoms with Crippen molar-refractivity contribution in [2.24, 2.45) is 0 Å². The van der Waals surface area contributed by atoms with Crippen LogP contribution < -0.4 is 5.32 Å². The number of rotatable bonds is 3. The van der Waals surface area contributed by atoms with Crippen LogP contribution in [0, 0.1) is 0 Å². The summed E-state index contributed by atoms with van der Waals surface area (Å²) in [5.41, 5.74) is 0. The van der Waals surface area contributed by atoms with Crippen molar-refractivity contribution >= 4 is 0 Å². The number of nitrogens with one attached hydrogen (secondary N) is 1. The van der Waals surface area contributed by atoms with Crippen LogP contribution in [-0.4, -0.2) is 39.5 Å². The molecule has 0 radical (unpaired) electrons. The predicted molar refractivity (Wildman–Crippen MR) is 39.1 cm³/mol. The molecule has 0 amide bonds. The Hall–Kier alpha value is -0.120. The van der Waals surface area contributed by atoms with Crippen molar-refractivity contribution in [3.63, 3.8) is 0 Å². The highest BCUT2D eigenvalue weighted by Gasteiger charge is 2.22. The van der Waals surface area contributed by atoms with E-state index in [2.05, 4.69) is 5.32 Å². The van der Waals surface area contributed by atoms with Gasteiger partial charge in [-0.15, -0.1) is 0 Å². The highest BCUT2D eigenvalue weighted by atomic mass is 16.5. The molecule has 0 saturated carbocycles. The lowest BCUT2D eigenvalue weighted by Gasteiger charge is -2.07. The van der Waals surface area contributed by atoms with Gasteiger partial charge >= 0.3 is 0 Å². The zero-order valence-electron chi connectivity index (χ0n) is 6.59. The zero-order chi connectivity index (χ0) is 7.40. The number of ether oxygens (including phenoxy) is 2. The van der Waals surface area contributed by atoms with Crippen molar-refractivity contribution in [1.29, 1.82) is 0 Å². The first-order valence-electron chi connectivity index (χ1n) is 3.62. The van der Waals surface area contributed by atoms with Crippen LogP contribution in [0.1, 0.15) is 6.42 Å². The third-order valence-electron chi connectivity index (χ3n) is 1.88. The SMILES string of the molecule is COC[C@@H]1CC(OC)CN1. The van der Waals surface area contributed by atoms with Crippen molar-refractivity contribution in [2.45, 2.75) is 18.6 Å². The molecule has 1 heterocycles. The minimum absolute atomic E-state index is 0.389. The zero-order valence-corrected chi connectivity index (χ0v) is 6.59. The number of methoxy groups -OCH3 is 2. The highest BCUT2D eigenvalue weighted by Crippen LogP contribution is 2.08. The van der Waals surface area contributed by atoms with E-state index in [-0.39, 0.29) is 0 Å². The lowest BCUT2D eigenvalue weighted by atomic mass is 10.2. The van der Waals surface area contributed by atoms with E-state index in [4.69, 9.17) is 9.47 Å². The Morgan fingerprint density at radius 2 is 2.30 bits per heavy atom. The molecule has 2 atom stereocenters. The molecule has 1 unspecified atom stereocenters. The van der Waals surface area contributed by atoms with Crippen molar-refractivity contribution in [1.82, 2.24) is 5.32 Å². The van der Waals surface area contributed by atoms with Gasteiger partial charge in [0.2, 0.25) is 0 Å². The van der Waals surface area contributed by atoms with E-state index in [9.17, 15) is 0 Å². The van der Waals surface area contributed by atoms with Crippen molar-refractivity contribution in [2.75, 3.05) is 27.4 Å². The second-order valence-electron chi connectivity index (χ2n) is 2.65. The average Bonchev–Trinajstić information content (AvgIpc) is 2.37. The maximum Gasteiger partial charge on any atom is 0.0711 e. The van der Waals surface area contributed by atoms with Gasteiger partial charge in [0.15, 0.2) is 0 Å². The first-order valence-corrected chi connectivity index (χ1v) is 3.62. The maximum atomic E-state index is 5.17. The van der Waals surface area contributed by atoms with E-state index in [0.717, 1.165) is 19.6 Å². The minimum Gasteiger partial charge on any atom is -0.383 e.